The van der Waals surface area contributed by atoms with E-state index < -0.39 is 11.9 Å². The third-order valence-corrected chi connectivity index (χ3v) is 3.15. The van der Waals surface area contributed by atoms with E-state index >= 15 is 0 Å². The molecule has 1 aromatic carbocycles. The molecule has 94 valence electrons. The standard InChI is InChI=1S/C12H11ClN2O3/c13-10-3-8(2-1-7(10)4-14)15-11-6-18-5-9(11)12(16)17/h1-3,9,11,15H,5-6H2,(H,16,17). The highest BCUT2D eigenvalue weighted by Gasteiger charge is 2.33. The minimum Gasteiger partial charge on any atom is -0.481 e. The summed E-state index contributed by atoms with van der Waals surface area (Å²) >= 11 is 5.90. The SMILES string of the molecule is N#Cc1ccc(NC2COCC2C(=O)O)cc1Cl. The normalized spacial score (nSPS) is 22.4. The van der Waals surface area contributed by atoms with Crippen LogP contribution in [0.25, 0.3) is 0 Å². The first-order chi connectivity index (χ1) is 8.61. The second-order valence-electron chi connectivity index (χ2n) is 4.04. The van der Waals surface area contributed by atoms with E-state index in [1.165, 1.54) is 0 Å². The molecule has 1 aromatic rings. The highest BCUT2D eigenvalue weighted by atomic mass is 35.5. The maximum absolute atomic E-state index is 11.0. The molecule has 0 amide bonds. The van der Waals surface area contributed by atoms with E-state index in [0.717, 1.165) is 0 Å². The lowest BCUT2D eigenvalue weighted by Gasteiger charge is -2.17. The Balaban J connectivity index is 2.12. The number of carboxylic acid groups (broad SMARTS) is 1. The van der Waals surface area contributed by atoms with Gasteiger partial charge in [0.1, 0.15) is 12.0 Å². The second-order valence-corrected chi connectivity index (χ2v) is 4.45. The number of carboxylic acids is 1. The number of anilines is 1. The minimum atomic E-state index is -0.884. The molecule has 1 aliphatic heterocycles. The molecule has 1 fully saturated rings. The van der Waals surface area contributed by atoms with Crippen LogP contribution in [0.3, 0.4) is 0 Å². The summed E-state index contributed by atoms with van der Waals surface area (Å²) in [5.41, 5.74) is 1.07. The van der Waals surface area contributed by atoms with Gasteiger partial charge in [-0.2, -0.15) is 5.26 Å². The van der Waals surface area contributed by atoms with Crippen molar-refractivity contribution in [3.8, 4) is 6.07 Å². The van der Waals surface area contributed by atoms with E-state index in [0.29, 0.717) is 22.9 Å². The fourth-order valence-corrected chi connectivity index (χ4v) is 2.07. The molecule has 18 heavy (non-hydrogen) atoms. The van der Waals surface area contributed by atoms with Gasteiger partial charge in [0, 0.05) is 5.69 Å². The van der Waals surface area contributed by atoms with Crippen LogP contribution >= 0.6 is 11.6 Å². The maximum atomic E-state index is 11.0. The highest BCUT2D eigenvalue weighted by molar-refractivity contribution is 6.32. The number of nitrogens with one attached hydrogen (secondary N) is 1. The van der Waals surface area contributed by atoms with Crippen molar-refractivity contribution < 1.29 is 14.6 Å². The zero-order valence-corrected chi connectivity index (χ0v) is 10.1. The molecule has 0 aromatic heterocycles. The summed E-state index contributed by atoms with van der Waals surface area (Å²) in [7, 11) is 0. The number of rotatable bonds is 3. The summed E-state index contributed by atoms with van der Waals surface area (Å²) in [5, 5.41) is 21.2. The Bertz CT molecular complexity index is 513. The van der Waals surface area contributed by atoms with E-state index in [-0.39, 0.29) is 12.6 Å². The van der Waals surface area contributed by atoms with Crippen molar-refractivity contribution in [2.45, 2.75) is 6.04 Å². The molecular formula is C12H11ClN2O3. The molecule has 0 saturated carbocycles. The average molecular weight is 267 g/mol. The van der Waals surface area contributed by atoms with Crippen LogP contribution in [0.2, 0.25) is 5.02 Å². The number of hydrogen-bond donors (Lipinski definition) is 2. The molecule has 6 heteroatoms. The predicted octanol–water partition coefficient (Wildman–Crippen LogP) is 1.72. The van der Waals surface area contributed by atoms with E-state index in [1.807, 2.05) is 6.07 Å². The van der Waals surface area contributed by atoms with Gasteiger partial charge in [-0.15, -0.1) is 0 Å². The van der Waals surface area contributed by atoms with Crippen molar-refractivity contribution in [3.05, 3.63) is 28.8 Å². The summed E-state index contributed by atoms with van der Waals surface area (Å²) in [6.45, 7) is 0.547. The Morgan fingerprint density at radius 3 is 2.94 bits per heavy atom. The van der Waals surface area contributed by atoms with Crippen molar-refractivity contribution in [3.63, 3.8) is 0 Å². The Hall–Kier alpha value is -1.77. The molecule has 2 N–H and O–H groups in total. The monoisotopic (exact) mass is 266 g/mol. The first-order valence-electron chi connectivity index (χ1n) is 5.38. The molecule has 5 nitrogen and oxygen atoms in total. The van der Waals surface area contributed by atoms with Crippen molar-refractivity contribution in [2.24, 2.45) is 5.92 Å². The molecule has 0 radical (unpaired) electrons. The van der Waals surface area contributed by atoms with Crippen LogP contribution in [0.1, 0.15) is 5.56 Å². The number of aliphatic carboxylic acids is 1. The zero-order valence-electron chi connectivity index (χ0n) is 9.39. The van der Waals surface area contributed by atoms with Gasteiger partial charge in [0.15, 0.2) is 0 Å². The minimum absolute atomic E-state index is 0.205. The second kappa shape index (κ2) is 5.25. The first kappa shape index (κ1) is 12.7. The molecule has 0 aliphatic carbocycles. The number of nitriles is 1. The molecule has 0 spiro atoms. The number of ether oxygens (including phenoxy) is 1. The number of carbonyl (C=O) groups is 1. The zero-order chi connectivity index (χ0) is 13.1. The van der Waals surface area contributed by atoms with Gasteiger partial charge >= 0.3 is 5.97 Å². The van der Waals surface area contributed by atoms with E-state index in [4.69, 9.17) is 26.7 Å². The van der Waals surface area contributed by atoms with Crippen LogP contribution in [0, 0.1) is 17.2 Å². The van der Waals surface area contributed by atoms with Crippen LogP contribution in [-0.2, 0) is 9.53 Å². The summed E-state index contributed by atoms with van der Waals surface area (Å²) < 4.78 is 5.15. The lowest BCUT2D eigenvalue weighted by molar-refractivity contribution is -0.141. The smallest absolute Gasteiger partial charge is 0.311 e. The quantitative estimate of drug-likeness (QED) is 0.870. The third kappa shape index (κ3) is 2.55. The van der Waals surface area contributed by atoms with Crippen LogP contribution in [-0.4, -0.2) is 30.3 Å². The molecule has 1 heterocycles. The van der Waals surface area contributed by atoms with Gasteiger partial charge in [-0.1, -0.05) is 11.6 Å². The maximum Gasteiger partial charge on any atom is 0.311 e. The van der Waals surface area contributed by atoms with Crippen molar-refractivity contribution in [1.82, 2.24) is 0 Å². The van der Waals surface area contributed by atoms with Gasteiger partial charge in [0.25, 0.3) is 0 Å². The predicted molar refractivity (Wildman–Crippen MR) is 65.5 cm³/mol. The largest absolute Gasteiger partial charge is 0.481 e. The van der Waals surface area contributed by atoms with Crippen molar-refractivity contribution in [1.29, 1.82) is 5.26 Å². The number of benzene rings is 1. The van der Waals surface area contributed by atoms with Crippen LogP contribution < -0.4 is 5.32 Å². The first-order valence-corrected chi connectivity index (χ1v) is 5.76. The molecule has 1 saturated heterocycles. The summed E-state index contributed by atoms with van der Waals surface area (Å²) in [6.07, 6.45) is 0. The van der Waals surface area contributed by atoms with Crippen LogP contribution in [0.15, 0.2) is 18.2 Å². The van der Waals surface area contributed by atoms with E-state index in [1.54, 1.807) is 18.2 Å². The summed E-state index contributed by atoms with van der Waals surface area (Å²) in [5.74, 6) is -1.45. The molecule has 2 atom stereocenters. The van der Waals surface area contributed by atoms with Crippen LogP contribution in [0.5, 0.6) is 0 Å². The average Bonchev–Trinajstić information content (AvgIpc) is 2.77. The Labute approximate surface area is 109 Å². The van der Waals surface area contributed by atoms with Crippen molar-refractivity contribution in [2.75, 3.05) is 18.5 Å². The molecular weight excluding hydrogens is 256 g/mol. The summed E-state index contributed by atoms with van der Waals surface area (Å²) in [4.78, 5) is 11.0. The van der Waals surface area contributed by atoms with E-state index in [9.17, 15) is 4.79 Å². The number of halogens is 1. The topological polar surface area (TPSA) is 82.3 Å². The van der Waals surface area contributed by atoms with E-state index in [2.05, 4.69) is 5.32 Å². The number of hydrogen-bond acceptors (Lipinski definition) is 4. The highest BCUT2D eigenvalue weighted by Crippen LogP contribution is 2.24. The lowest BCUT2D eigenvalue weighted by Crippen LogP contribution is -2.33. The van der Waals surface area contributed by atoms with Gasteiger partial charge in [-0.25, -0.2) is 0 Å². The molecule has 0 bridgehead atoms. The Kier molecular flexibility index (Phi) is 3.70. The third-order valence-electron chi connectivity index (χ3n) is 2.84. The van der Waals surface area contributed by atoms with Crippen molar-refractivity contribution >= 4 is 23.3 Å². The van der Waals surface area contributed by atoms with Gasteiger partial charge in [0.2, 0.25) is 0 Å². The van der Waals surface area contributed by atoms with Gasteiger partial charge in [-0.3, -0.25) is 4.79 Å². The van der Waals surface area contributed by atoms with Gasteiger partial charge in [-0.05, 0) is 18.2 Å². The Morgan fingerprint density at radius 2 is 2.33 bits per heavy atom. The molecule has 2 rings (SSSR count). The molecule has 2 unspecified atom stereocenters. The number of nitrogens with zero attached hydrogens (tertiary/aromatic N) is 1. The fourth-order valence-electron chi connectivity index (χ4n) is 1.85. The Morgan fingerprint density at radius 1 is 1.56 bits per heavy atom. The van der Waals surface area contributed by atoms with Crippen LogP contribution in [0.4, 0.5) is 5.69 Å². The van der Waals surface area contributed by atoms with Gasteiger partial charge in [0.05, 0.1) is 29.8 Å². The lowest BCUT2D eigenvalue weighted by atomic mass is 10.0. The van der Waals surface area contributed by atoms with Gasteiger partial charge < -0.3 is 15.2 Å². The fraction of sp³-hybridized carbons (Fsp3) is 0.333. The molecule has 1 aliphatic rings. The summed E-state index contributed by atoms with van der Waals surface area (Å²) in [6, 6.07) is 6.58.